The maximum atomic E-state index is 5.82. The minimum atomic E-state index is -0.0603. The van der Waals surface area contributed by atoms with Crippen LogP contribution in [-0.4, -0.2) is 32.5 Å². The molecule has 0 amide bonds. The van der Waals surface area contributed by atoms with E-state index in [1.54, 1.807) is 18.4 Å². The van der Waals surface area contributed by atoms with Gasteiger partial charge in [-0.15, -0.1) is 26.6 Å². The summed E-state index contributed by atoms with van der Waals surface area (Å²) in [7, 11) is 1.63. The summed E-state index contributed by atoms with van der Waals surface area (Å²) in [4.78, 5) is 5.78. The molecular weight excluding hydrogens is 382 g/mol. The van der Waals surface area contributed by atoms with Crippen LogP contribution in [0.4, 0.5) is 0 Å². The summed E-state index contributed by atoms with van der Waals surface area (Å²) in [6, 6.07) is 11.6. The van der Waals surface area contributed by atoms with Crippen LogP contribution in [-0.2, 0) is 6.42 Å². The Labute approximate surface area is 164 Å². The molecule has 0 spiro atoms. The van der Waals surface area contributed by atoms with Crippen molar-refractivity contribution in [3.63, 3.8) is 0 Å². The fraction of sp³-hybridized carbons (Fsp3) is 0.222. The Hall–Kier alpha value is -2.65. The van der Waals surface area contributed by atoms with E-state index in [2.05, 4.69) is 36.8 Å². The molecule has 138 valence electrons. The van der Waals surface area contributed by atoms with Gasteiger partial charge in [-0.25, -0.2) is 4.98 Å². The molecule has 1 N–H and O–H groups in total. The first-order chi connectivity index (χ1) is 13.2. The summed E-state index contributed by atoms with van der Waals surface area (Å²) in [6.45, 7) is 1.99. The molecule has 0 aliphatic carbocycles. The van der Waals surface area contributed by atoms with E-state index in [-0.39, 0.29) is 5.25 Å². The highest BCUT2D eigenvalue weighted by atomic mass is 32.2. The minimum absolute atomic E-state index is 0.0603. The van der Waals surface area contributed by atoms with Gasteiger partial charge in [-0.2, -0.15) is 0 Å². The van der Waals surface area contributed by atoms with Gasteiger partial charge in [0, 0.05) is 16.9 Å². The fourth-order valence-corrected chi connectivity index (χ4v) is 3.93. The van der Waals surface area contributed by atoms with Crippen LogP contribution in [0.25, 0.3) is 11.5 Å². The van der Waals surface area contributed by atoms with Crippen LogP contribution in [0.5, 0.6) is 5.75 Å². The quantitative estimate of drug-likeness (QED) is 0.462. The average molecular weight is 400 g/mol. The summed E-state index contributed by atoms with van der Waals surface area (Å²) in [5.74, 6) is 2.64. The van der Waals surface area contributed by atoms with Crippen LogP contribution in [0.15, 0.2) is 51.4 Å². The van der Waals surface area contributed by atoms with Gasteiger partial charge in [-0.1, -0.05) is 17.8 Å². The monoisotopic (exact) mass is 399 g/mol. The molecule has 3 heterocycles. The molecule has 0 radical (unpaired) electrons. The molecule has 7 nitrogen and oxygen atoms in total. The number of rotatable bonds is 7. The Morgan fingerprint density at radius 2 is 2.07 bits per heavy atom. The van der Waals surface area contributed by atoms with Gasteiger partial charge in [0.2, 0.25) is 16.9 Å². The zero-order valence-corrected chi connectivity index (χ0v) is 16.4. The zero-order valence-electron chi connectivity index (χ0n) is 14.7. The molecule has 3 aromatic heterocycles. The first-order valence-corrected chi connectivity index (χ1v) is 10.1. The van der Waals surface area contributed by atoms with E-state index in [9.17, 15) is 0 Å². The second-order valence-corrected chi connectivity index (χ2v) is 8.10. The first kappa shape index (κ1) is 17.7. The lowest BCUT2D eigenvalue weighted by molar-refractivity contribution is 0.415. The molecule has 0 aliphatic heterocycles. The summed E-state index contributed by atoms with van der Waals surface area (Å²) in [5.41, 5.74) is 0.850. The Morgan fingerprint density at radius 3 is 2.81 bits per heavy atom. The van der Waals surface area contributed by atoms with Gasteiger partial charge in [-0.05, 0) is 42.6 Å². The lowest BCUT2D eigenvalue weighted by atomic mass is 10.2. The minimum Gasteiger partial charge on any atom is -0.497 e. The standard InChI is InChI=1S/C18H17N5O2S2/c1-11(27-18-19-15(20-23-18)10-14-4-3-9-26-14)16-21-22-17(25-16)12-5-7-13(24-2)8-6-12/h3-9,11H,10H2,1-2H3,(H,19,20,23). The molecule has 27 heavy (non-hydrogen) atoms. The first-order valence-electron chi connectivity index (χ1n) is 8.29. The number of hydrogen-bond donors (Lipinski definition) is 1. The van der Waals surface area contributed by atoms with Gasteiger partial charge in [0.25, 0.3) is 0 Å². The molecule has 1 unspecified atom stereocenters. The van der Waals surface area contributed by atoms with Crippen LogP contribution in [0, 0.1) is 0 Å². The Bertz CT molecular complexity index is 995. The highest BCUT2D eigenvalue weighted by molar-refractivity contribution is 7.99. The molecule has 0 saturated carbocycles. The summed E-state index contributed by atoms with van der Waals surface area (Å²) in [5, 5.41) is 18.2. The number of aromatic nitrogens is 5. The number of methoxy groups -OCH3 is 1. The number of nitrogens with one attached hydrogen (secondary N) is 1. The molecule has 0 fully saturated rings. The van der Waals surface area contributed by atoms with E-state index in [1.165, 1.54) is 16.6 Å². The second kappa shape index (κ2) is 7.93. The van der Waals surface area contributed by atoms with E-state index < -0.39 is 0 Å². The van der Waals surface area contributed by atoms with Crippen molar-refractivity contribution < 1.29 is 9.15 Å². The average Bonchev–Trinajstić information content (AvgIpc) is 3.44. The Morgan fingerprint density at radius 1 is 1.22 bits per heavy atom. The van der Waals surface area contributed by atoms with Crippen LogP contribution in [0.2, 0.25) is 0 Å². The number of thiophene rings is 1. The number of H-pyrrole nitrogens is 1. The zero-order chi connectivity index (χ0) is 18.6. The van der Waals surface area contributed by atoms with Gasteiger partial charge in [0.05, 0.1) is 12.4 Å². The van der Waals surface area contributed by atoms with Crippen molar-refractivity contribution in [2.45, 2.75) is 23.8 Å². The number of nitrogens with zero attached hydrogens (tertiary/aromatic N) is 4. The fourth-order valence-electron chi connectivity index (χ4n) is 2.45. The summed E-state index contributed by atoms with van der Waals surface area (Å²) < 4.78 is 11.0. The second-order valence-electron chi connectivity index (χ2n) is 5.75. The van der Waals surface area contributed by atoms with E-state index in [4.69, 9.17) is 9.15 Å². The molecule has 0 aliphatic rings. The number of benzene rings is 1. The van der Waals surface area contributed by atoms with Crippen molar-refractivity contribution in [2.75, 3.05) is 7.11 Å². The molecule has 1 atom stereocenters. The third-order valence-corrected chi connectivity index (χ3v) is 5.67. The van der Waals surface area contributed by atoms with Gasteiger partial charge >= 0.3 is 0 Å². The number of ether oxygens (including phenoxy) is 1. The number of thioether (sulfide) groups is 1. The van der Waals surface area contributed by atoms with Crippen LogP contribution >= 0.6 is 23.1 Å². The smallest absolute Gasteiger partial charge is 0.247 e. The highest BCUT2D eigenvalue weighted by Gasteiger charge is 2.18. The largest absolute Gasteiger partial charge is 0.497 e. The van der Waals surface area contributed by atoms with Crippen molar-refractivity contribution in [1.82, 2.24) is 25.4 Å². The third kappa shape index (κ3) is 4.20. The van der Waals surface area contributed by atoms with Crippen LogP contribution in [0.3, 0.4) is 0 Å². The molecule has 4 rings (SSSR count). The predicted molar refractivity (Wildman–Crippen MR) is 104 cm³/mol. The van der Waals surface area contributed by atoms with Gasteiger partial charge in [-0.3, -0.25) is 5.10 Å². The normalized spacial score (nSPS) is 12.2. The Kier molecular flexibility index (Phi) is 5.21. The molecule has 0 saturated heterocycles. The van der Waals surface area contributed by atoms with Crippen molar-refractivity contribution >= 4 is 23.1 Å². The third-order valence-electron chi connectivity index (χ3n) is 3.84. The molecular formula is C18H17N5O2S2. The van der Waals surface area contributed by atoms with E-state index in [0.717, 1.165) is 23.6 Å². The van der Waals surface area contributed by atoms with Crippen LogP contribution in [0.1, 0.15) is 28.8 Å². The van der Waals surface area contributed by atoms with Crippen molar-refractivity contribution in [3.05, 3.63) is 58.4 Å². The maximum absolute atomic E-state index is 5.82. The van der Waals surface area contributed by atoms with Gasteiger partial charge < -0.3 is 9.15 Å². The molecule has 0 bridgehead atoms. The van der Waals surface area contributed by atoms with E-state index in [1.807, 2.05) is 37.3 Å². The summed E-state index contributed by atoms with van der Waals surface area (Å²) in [6.07, 6.45) is 0.752. The number of hydrogen-bond acceptors (Lipinski definition) is 8. The van der Waals surface area contributed by atoms with Crippen molar-refractivity contribution in [3.8, 4) is 17.2 Å². The lowest BCUT2D eigenvalue weighted by Crippen LogP contribution is -1.90. The summed E-state index contributed by atoms with van der Waals surface area (Å²) >= 11 is 3.18. The van der Waals surface area contributed by atoms with Gasteiger partial charge in [0.1, 0.15) is 11.6 Å². The van der Waals surface area contributed by atoms with Crippen molar-refractivity contribution in [1.29, 1.82) is 0 Å². The lowest BCUT2D eigenvalue weighted by Gasteiger charge is -2.02. The maximum Gasteiger partial charge on any atom is 0.247 e. The molecule has 9 heteroatoms. The SMILES string of the molecule is COc1ccc(-c2nnc(C(C)Sc3n[nH]c(Cc4cccs4)n3)o2)cc1. The van der Waals surface area contributed by atoms with Gasteiger partial charge in [0.15, 0.2) is 0 Å². The number of aromatic amines is 1. The van der Waals surface area contributed by atoms with E-state index in [0.29, 0.717) is 16.9 Å². The highest BCUT2D eigenvalue weighted by Crippen LogP contribution is 2.33. The molecule has 4 aromatic rings. The topological polar surface area (TPSA) is 89.7 Å². The predicted octanol–water partition coefficient (Wildman–Crippen LogP) is 4.37. The van der Waals surface area contributed by atoms with E-state index >= 15 is 0 Å². The van der Waals surface area contributed by atoms with Crippen molar-refractivity contribution in [2.24, 2.45) is 0 Å². The Balaban J connectivity index is 1.42. The van der Waals surface area contributed by atoms with Crippen LogP contribution < -0.4 is 4.74 Å². The molecule has 1 aromatic carbocycles.